The van der Waals surface area contributed by atoms with E-state index >= 15 is 0 Å². The zero-order valence-corrected chi connectivity index (χ0v) is 13.4. The molecule has 1 aromatic heterocycles. The first-order valence-corrected chi connectivity index (χ1v) is 8.06. The predicted molar refractivity (Wildman–Crippen MR) is 93.9 cm³/mol. The van der Waals surface area contributed by atoms with E-state index < -0.39 is 0 Å². The summed E-state index contributed by atoms with van der Waals surface area (Å²) >= 11 is 0. The first kappa shape index (κ1) is 15.3. The number of hydrogen-bond donors (Lipinski definition) is 2. The Hall–Kier alpha value is -2.56. The van der Waals surface area contributed by atoms with Crippen molar-refractivity contribution in [3.63, 3.8) is 0 Å². The van der Waals surface area contributed by atoms with Gasteiger partial charge in [-0.05, 0) is 37.0 Å². The Morgan fingerprint density at radius 1 is 1.26 bits per heavy atom. The van der Waals surface area contributed by atoms with Gasteiger partial charge in [0.15, 0.2) is 5.96 Å². The van der Waals surface area contributed by atoms with E-state index in [1.807, 2.05) is 36.1 Å². The van der Waals surface area contributed by atoms with E-state index in [1.165, 1.54) is 5.56 Å². The number of guanidine groups is 1. The van der Waals surface area contributed by atoms with Crippen LogP contribution >= 0.6 is 0 Å². The quantitative estimate of drug-likeness (QED) is 0.506. The number of para-hydroxylation sites is 1. The Morgan fingerprint density at radius 2 is 2.04 bits per heavy atom. The summed E-state index contributed by atoms with van der Waals surface area (Å²) in [6.07, 6.45) is 11.5. The van der Waals surface area contributed by atoms with Crippen molar-refractivity contribution in [3.8, 4) is 5.69 Å². The second-order valence-corrected chi connectivity index (χ2v) is 5.66. The molecule has 0 saturated carbocycles. The lowest BCUT2D eigenvalue weighted by Crippen LogP contribution is -2.43. The smallest absolute Gasteiger partial charge is 0.191 e. The van der Waals surface area contributed by atoms with Crippen molar-refractivity contribution in [2.24, 2.45) is 4.99 Å². The molecule has 1 aromatic carbocycles. The van der Waals surface area contributed by atoms with Gasteiger partial charge in [-0.15, -0.1) is 0 Å². The van der Waals surface area contributed by atoms with E-state index in [-0.39, 0.29) is 0 Å². The van der Waals surface area contributed by atoms with E-state index in [2.05, 4.69) is 51.2 Å². The van der Waals surface area contributed by atoms with Crippen molar-refractivity contribution >= 4 is 5.96 Å². The summed E-state index contributed by atoms with van der Waals surface area (Å²) in [5.41, 5.74) is 2.29. The third-order valence-corrected chi connectivity index (χ3v) is 3.94. The van der Waals surface area contributed by atoms with Crippen LogP contribution in [0, 0.1) is 0 Å². The molecule has 3 rings (SSSR count). The van der Waals surface area contributed by atoms with E-state index in [4.69, 9.17) is 0 Å². The summed E-state index contributed by atoms with van der Waals surface area (Å²) in [6.45, 7) is 0.834. The fraction of sp³-hybridized carbons (Fsp3) is 0.333. The minimum atomic E-state index is 0.474. The molecule has 1 aliphatic carbocycles. The molecule has 2 N–H and O–H groups in total. The van der Waals surface area contributed by atoms with Crippen molar-refractivity contribution in [2.75, 3.05) is 13.6 Å². The van der Waals surface area contributed by atoms with Gasteiger partial charge in [0.2, 0.25) is 0 Å². The number of benzene rings is 1. The SMILES string of the molecule is CN=C(NCCc1cnn(-c2ccccc2)c1)NC1CC=CC1. The van der Waals surface area contributed by atoms with Crippen LogP contribution in [0.1, 0.15) is 18.4 Å². The molecule has 0 spiro atoms. The van der Waals surface area contributed by atoms with Crippen LogP contribution in [0.5, 0.6) is 0 Å². The monoisotopic (exact) mass is 309 g/mol. The van der Waals surface area contributed by atoms with Gasteiger partial charge in [0.25, 0.3) is 0 Å². The highest BCUT2D eigenvalue weighted by molar-refractivity contribution is 5.80. The number of aromatic nitrogens is 2. The summed E-state index contributed by atoms with van der Waals surface area (Å²) in [7, 11) is 1.81. The number of rotatable bonds is 5. The molecule has 0 aliphatic heterocycles. The molecule has 1 aliphatic rings. The van der Waals surface area contributed by atoms with Gasteiger partial charge in [-0.25, -0.2) is 4.68 Å². The minimum Gasteiger partial charge on any atom is -0.356 e. The highest BCUT2D eigenvalue weighted by Crippen LogP contribution is 2.09. The molecule has 5 heteroatoms. The van der Waals surface area contributed by atoms with Gasteiger partial charge in [-0.1, -0.05) is 30.4 Å². The molecule has 5 nitrogen and oxygen atoms in total. The maximum atomic E-state index is 4.42. The van der Waals surface area contributed by atoms with E-state index in [9.17, 15) is 0 Å². The molecule has 0 radical (unpaired) electrons. The maximum Gasteiger partial charge on any atom is 0.191 e. The third-order valence-electron chi connectivity index (χ3n) is 3.94. The van der Waals surface area contributed by atoms with Gasteiger partial charge < -0.3 is 10.6 Å². The summed E-state index contributed by atoms with van der Waals surface area (Å²) in [5.74, 6) is 0.870. The third kappa shape index (κ3) is 4.22. The zero-order chi connectivity index (χ0) is 15.9. The Balaban J connectivity index is 1.48. The largest absolute Gasteiger partial charge is 0.356 e. The Labute approximate surface area is 137 Å². The second-order valence-electron chi connectivity index (χ2n) is 5.66. The number of nitrogens with one attached hydrogen (secondary N) is 2. The minimum absolute atomic E-state index is 0.474. The predicted octanol–water partition coefficient (Wildman–Crippen LogP) is 2.30. The lowest BCUT2D eigenvalue weighted by atomic mass is 10.2. The van der Waals surface area contributed by atoms with Gasteiger partial charge in [0, 0.05) is 25.8 Å². The van der Waals surface area contributed by atoms with Crippen LogP contribution in [-0.2, 0) is 6.42 Å². The number of nitrogens with zero attached hydrogens (tertiary/aromatic N) is 3. The molecule has 0 unspecified atom stereocenters. The van der Waals surface area contributed by atoms with Crippen LogP contribution in [0.15, 0.2) is 59.9 Å². The molecule has 1 heterocycles. The number of hydrogen-bond acceptors (Lipinski definition) is 2. The Kier molecular flexibility index (Phi) is 5.09. The molecule has 120 valence electrons. The summed E-state index contributed by atoms with van der Waals surface area (Å²) in [4.78, 5) is 4.28. The fourth-order valence-electron chi connectivity index (χ4n) is 2.66. The summed E-state index contributed by atoms with van der Waals surface area (Å²) in [6, 6.07) is 10.6. The van der Waals surface area contributed by atoms with Crippen molar-refractivity contribution in [1.82, 2.24) is 20.4 Å². The standard InChI is InChI=1S/C18H23N5/c1-19-18(22-16-7-5-6-8-16)20-12-11-15-13-21-23(14-15)17-9-3-2-4-10-17/h2-6,9-10,13-14,16H,7-8,11-12H2,1H3,(H2,19,20,22). The first-order valence-electron chi connectivity index (χ1n) is 8.06. The van der Waals surface area contributed by atoms with E-state index in [1.54, 1.807) is 0 Å². The van der Waals surface area contributed by atoms with E-state index in [0.717, 1.165) is 37.5 Å². The van der Waals surface area contributed by atoms with Gasteiger partial charge >= 0.3 is 0 Å². The molecule has 0 saturated heterocycles. The van der Waals surface area contributed by atoms with Crippen molar-refractivity contribution < 1.29 is 0 Å². The van der Waals surface area contributed by atoms with Crippen LogP contribution in [0.3, 0.4) is 0 Å². The van der Waals surface area contributed by atoms with Crippen LogP contribution < -0.4 is 10.6 Å². The first-order chi connectivity index (χ1) is 11.3. The van der Waals surface area contributed by atoms with Crippen LogP contribution in [-0.4, -0.2) is 35.4 Å². The lowest BCUT2D eigenvalue weighted by Gasteiger charge is -2.16. The van der Waals surface area contributed by atoms with Gasteiger partial charge in [-0.2, -0.15) is 5.10 Å². The average molecular weight is 309 g/mol. The Bertz CT molecular complexity index is 664. The Morgan fingerprint density at radius 3 is 2.78 bits per heavy atom. The van der Waals surface area contributed by atoms with Crippen molar-refractivity contribution in [2.45, 2.75) is 25.3 Å². The molecular weight excluding hydrogens is 286 g/mol. The van der Waals surface area contributed by atoms with Gasteiger partial charge in [0.1, 0.15) is 0 Å². The van der Waals surface area contributed by atoms with Crippen molar-refractivity contribution in [3.05, 3.63) is 60.4 Å². The average Bonchev–Trinajstić information content (AvgIpc) is 3.26. The van der Waals surface area contributed by atoms with Gasteiger partial charge in [-0.3, -0.25) is 4.99 Å². The van der Waals surface area contributed by atoms with Crippen LogP contribution in [0.4, 0.5) is 0 Å². The van der Waals surface area contributed by atoms with Crippen molar-refractivity contribution in [1.29, 1.82) is 0 Å². The molecule has 0 atom stereocenters. The number of aliphatic imine (C=N–C) groups is 1. The fourth-order valence-corrected chi connectivity index (χ4v) is 2.66. The highest BCUT2D eigenvalue weighted by atomic mass is 15.3. The molecule has 0 bridgehead atoms. The van der Waals surface area contributed by atoms with E-state index in [0.29, 0.717) is 6.04 Å². The highest BCUT2D eigenvalue weighted by Gasteiger charge is 2.11. The van der Waals surface area contributed by atoms with Crippen LogP contribution in [0.25, 0.3) is 5.69 Å². The molecule has 23 heavy (non-hydrogen) atoms. The molecule has 0 amide bonds. The second kappa shape index (κ2) is 7.63. The summed E-state index contributed by atoms with van der Waals surface area (Å²) < 4.78 is 1.91. The molecule has 2 aromatic rings. The topological polar surface area (TPSA) is 54.2 Å². The zero-order valence-electron chi connectivity index (χ0n) is 13.4. The normalized spacial score (nSPS) is 15.1. The van der Waals surface area contributed by atoms with Gasteiger partial charge in [0.05, 0.1) is 11.9 Å². The molecular formula is C18H23N5. The van der Waals surface area contributed by atoms with Crippen LogP contribution in [0.2, 0.25) is 0 Å². The summed E-state index contributed by atoms with van der Waals surface area (Å²) in [5, 5.41) is 11.2. The lowest BCUT2D eigenvalue weighted by molar-refractivity contribution is 0.633. The molecule has 0 fully saturated rings. The maximum absolute atomic E-state index is 4.42.